The second-order valence-corrected chi connectivity index (χ2v) is 5.65. The normalized spacial score (nSPS) is 10.7. The molecule has 2 aromatic carbocycles. The summed E-state index contributed by atoms with van der Waals surface area (Å²) in [6.07, 6.45) is 0. The fraction of sp³-hybridized carbons (Fsp3) is 0. The molecule has 0 aliphatic carbocycles. The minimum absolute atomic E-state index is 0.224. The average Bonchev–Trinajstić information content (AvgIpc) is 2.91. The molecule has 0 fully saturated rings. The van der Waals surface area contributed by atoms with Crippen LogP contribution in [0.25, 0.3) is 10.2 Å². The summed E-state index contributed by atoms with van der Waals surface area (Å²) in [6.45, 7) is 0. The number of thiazole rings is 1. The Balaban J connectivity index is 1.90. The Morgan fingerprint density at radius 1 is 1.20 bits per heavy atom. The highest BCUT2D eigenvalue weighted by Crippen LogP contribution is 2.32. The molecule has 3 rings (SSSR count). The molecule has 0 saturated carbocycles. The van der Waals surface area contributed by atoms with Crippen LogP contribution < -0.4 is 4.74 Å². The lowest BCUT2D eigenvalue weighted by atomic mass is 10.2. The monoisotopic (exact) mass is 323 g/mol. The van der Waals surface area contributed by atoms with E-state index in [0.29, 0.717) is 10.6 Å². The number of aromatic nitrogens is 1. The molecule has 0 radical (unpaired) electrons. The summed E-state index contributed by atoms with van der Waals surface area (Å²) >= 11 is 13.3. The molecule has 0 N–H and O–H groups in total. The van der Waals surface area contributed by atoms with Crippen molar-refractivity contribution in [2.24, 2.45) is 0 Å². The van der Waals surface area contributed by atoms with Gasteiger partial charge >= 0.3 is 5.97 Å². The van der Waals surface area contributed by atoms with E-state index in [9.17, 15) is 4.79 Å². The number of rotatable bonds is 2. The summed E-state index contributed by atoms with van der Waals surface area (Å²) < 4.78 is 6.19. The van der Waals surface area contributed by atoms with Gasteiger partial charge in [0.15, 0.2) is 5.75 Å². The lowest BCUT2D eigenvalue weighted by Crippen LogP contribution is -2.08. The van der Waals surface area contributed by atoms with Crippen LogP contribution in [0.4, 0.5) is 0 Å². The average molecular weight is 324 g/mol. The zero-order chi connectivity index (χ0) is 14.1. The van der Waals surface area contributed by atoms with Gasteiger partial charge in [-0.25, -0.2) is 9.78 Å². The van der Waals surface area contributed by atoms with E-state index in [1.165, 1.54) is 11.3 Å². The number of benzene rings is 2. The van der Waals surface area contributed by atoms with Crippen molar-refractivity contribution in [3.8, 4) is 5.75 Å². The third-order valence-electron chi connectivity index (χ3n) is 2.69. The van der Waals surface area contributed by atoms with Gasteiger partial charge < -0.3 is 4.74 Å². The predicted molar refractivity (Wildman–Crippen MR) is 81.0 cm³/mol. The number of ether oxygens (including phenoxy) is 1. The van der Waals surface area contributed by atoms with E-state index in [1.54, 1.807) is 41.9 Å². The second-order valence-electron chi connectivity index (χ2n) is 3.98. The van der Waals surface area contributed by atoms with Gasteiger partial charge in [0.1, 0.15) is 5.02 Å². The number of halogens is 2. The van der Waals surface area contributed by atoms with Crippen LogP contribution in [0.5, 0.6) is 5.75 Å². The van der Waals surface area contributed by atoms with Gasteiger partial charge in [-0.3, -0.25) is 0 Å². The van der Waals surface area contributed by atoms with E-state index < -0.39 is 5.97 Å². The van der Waals surface area contributed by atoms with Crippen molar-refractivity contribution in [2.45, 2.75) is 0 Å². The highest BCUT2D eigenvalue weighted by molar-refractivity contribution is 7.16. The number of nitrogens with zero attached hydrogens (tertiary/aromatic N) is 1. The van der Waals surface area contributed by atoms with Gasteiger partial charge in [-0.2, -0.15) is 0 Å². The minimum atomic E-state index is -0.482. The van der Waals surface area contributed by atoms with E-state index in [1.807, 2.05) is 0 Å². The Bertz CT molecular complexity index is 801. The van der Waals surface area contributed by atoms with Crippen LogP contribution >= 0.6 is 34.5 Å². The Hall–Kier alpha value is -1.62. The Kier molecular flexibility index (Phi) is 3.61. The molecule has 3 aromatic rings. The summed E-state index contributed by atoms with van der Waals surface area (Å²) in [5.74, 6) is -0.238. The topological polar surface area (TPSA) is 39.2 Å². The van der Waals surface area contributed by atoms with Crippen LogP contribution in [-0.4, -0.2) is 11.0 Å². The molecule has 0 unspecified atom stereocenters. The summed E-state index contributed by atoms with van der Waals surface area (Å²) in [7, 11) is 0. The number of fused-ring (bicyclic) bond motifs is 1. The van der Waals surface area contributed by atoms with E-state index in [4.69, 9.17) is 27.9 Å². The molecular weight excluding hydrogens is 317 g/mol. The van der Waals surface area contributed by atoms with Crippen molar-refractivity contribution in [2.75, 3.05) is 0 Å². The Labute approximate surface area is 128 Å². The van der Waals surface area contributed by atoms with Crippen molar-refractivity contribution in [1.82, 2.24) is 4.98 Å². The first-order chi connectivity index (χ1) is 9.65. The molecule has 1 aromatic heterocycles. The third-order valence-corrected chi connectivity index (χ3v) is 4.28. The summed E-state index contributed by atoms with van der Waals surface area (Å²) in [6, 6.07) is 10.1. The fourth-order valence-electron chi connectivity index (χ4n) is 1.70. The molecule has 100 valence electrons. The maximum atomic E-state index is 12.1. The molecule has 1 heterocycles. The molecule has 0 saturated heterocycles. The lowest BCUT2D eigenvalue weighted by Gasteiger charge is -2.07. The molecule has 0 spiro atoms. The van der Waals surface area contributed by atoms with E-state index in [2.05, 4.69) is 4.98 Å². The Morgan fingerprint density at radius 2 is 2.05 bits per heavy atom. The first-order valence-corrected chi connectivity index (χ1v) is 7.28. The van der Waals surface area contributed by atoms with Gasteiger partial charge in [-0.1, -0.05) is 29.3 Å². The fourth-order valence-corrected chi connectivity index (χ4v) is 2.75. The third kappa shape index (κ3) is 2.50. The smallest absolute Gasteiger partial charge is 0.343 e. The van der Waals surface area contributed by atoms with Crippen molar-refractivity contribution < 1.29 is 9.53 Å². The maximum Gasteiger partial charge on any atom is 0.343 e. The van der Waals surface area contributed by atoms with Crippen molar-refractivity contribution in [3.05, 3.63) is 57.5 Å². The molecule has 20 heavy (non-hydrogen) atoms. The van der Waals surface area contributed by atoms with Gasteiger partial charge in [0.2, 0.25) is 0 Å². The summed E-state index contributed by atoms with van der Waals surface area (Å²) in [5.41, 5.74) is 3.03. The zero-order valence-electron chi connectivity index (χ0n) is 9.97. The minimum Gasteiger partial charge on any atom is -0.421 e. The van der Waals surface area contributed by atoms with Crippen molar-refractivity contribution in [3.63, 3.8) is 0 Å². The van der Waals surface area contributed by atoms with Gasteiger partial charge in [0.05, 0.1) is 26.3 Å². The molecule has 0 aliphatic rings. The van der Waals surface area contributed by atoms with Crippen LogP contribution in [0.15, 0.2) is 41.9 Å². The van der Waals surface area contributed by atoms with Crippen LogP contribution in [0.1, 0.15) is 10.4 Å². The lowest BCUT2D eigenvalue weighted by molar-refractivity contribution is 0.0735. The SMILES string of the molecule is O=C(Oc1cccc(Cl)c1Cl)c1ccc2ncsc2c1. The quantitative estimate of drug-likeness (QED) is 0.501. The number of esters is 1. The standard InChI is InChI=1S/C14H7Cl2NO2S/c15-9-2-1-3-11(13(9)16)19-14(18)8-4-5-10-12(6-8)20-7-17-10/h1-7H. The van der Waals surface area contributed by atoms with Crippen LogP contribution in [0.2, 0.25) is 10.0 Å². The predicted octanol–water partition coefficient (Wildman–Crippen LogP) is 4.82. The van der Waals surface area contributed by atoms with Crippen molar-refractivity contribution in [1.29, 1.82) is 0 Å². The van der Waals surface area contributed by atoms with Gasteiger partial charge in [0, 0.05) is 0 Å². The maximum absolute atomic E-state index is 12.1. The highest BCUT2D eigenvalue weighted by Gasteiger charge is 2.13. The molecule has 0 amide bonds. The van der Waals surface area contributed by atoms with E-state index in [0.717, 1.165) is 10.2 Å². The van der Waals surface area contributed by atoms with E-state index >= 15 is 0 Å². The highest BCUT2D eigenvalue weighted by atomic mass is 35.5. The zero-order valence-corrected chi connectivity index (χ0v) is 12.3. The molecule has 6 heteroatoms. The van der Waals surface area contributed by atoms with Crippen molar-refractivity contribution >= 4 is 50.7 Å². The number of hydrogen-bond acceptors (Lipinski definition) is 4. The first kappa shape index (κ1) is 13.4. The van der Waals surface area contributed by atoms with Crippen LogP contribution in [-0.2, 0) is 0 Å². The summed E-state index contributed by atoms with van der Waals surface area (Å²) in [5, 5.41) is 0.566. The number of carbonyl (C=O) groups excluding carboxylic acids is 1. The van der Waals surface area contributed by atoms with Crippen LogP contribution in [0.3, 0.4) is 0 Å². The molecule has 0 atom stereocenters. The van der Waals surface area contributed by atoms with Gasteiger partial charge in [-0.05, 0) is 30.3 Å². The number of carbonyl (C=O) groups is 1. The van der Waals surface area contributed by atoms with E-state index in [-0.39, 0.29) is 10.8 Å². The Morgan fingerprint density at radius 3 is 2.90 bits per heavy atom. The molecule has 0 aliphatic heterocycles. The van der Waals surface area contributed by atoms with Gasteiger partial charge in [-0.15, -0.1) is 11.3 Å². The molecule has 3 nitrogen and oxygen atoms in total. The largest absolute Gasteiger partial charge is 0.421 e. The second kappa shape index (κ2) is 5.40. The van der Waals surface area contributed by atoms with Gasteiger partial charge in [0.25, 0.3) is 0 Å². The number of hydrogen-bond donors (Lipinski definition) is 0. The summed E-state index contributed by atoms with van der Waals surface area (Å²) in [4.78, 5) is 16.3. The van der Waals surface area contributed by atoms with Crippen LogP contribution in [0, 0.1) is 0 Å². The molecule has 0 bridgehead atoms. The first-order valence-electron chi connectivity index (χ1n) is 5.64. The molecular formula is C14H7Cl2NO2S.